The van der Waals surface area contributed by atoms with Crippen LogP contribution in [0.2, 0.25) is 0 Å². The number of nitrogens with two attached hydrogens (primary N) is 2. The van der Waals surface area contributed by atoms with E-state index in [1.807, 2.05) is 49.6 Å². The number of imidazole rings is 2. The van der Waals surface area contributed by atoms with Gasteiger partial charge in [0, 0.05) is 44.4 Å². The Bertz CT molecular complexity index is 2480. The Labute approximate surface area is 323 Å². The summed E-state index contributed by atoms with van der Waals surface area (Å²) in [4.78, 5) is 64.3. The molecule has 2 aromatic carbocycles. The number of para-hydroxylation sites is 1. The highest BCUT2D eigenvalue weighted by Gasteiger charge is 2.25. The van der Waals surface area contributed by atoms with Crippen LogP contribution in [-0.4, -0.2) is 75.8 Å². The second-order valence-electron chi connectivity index (χ2n) is 14.3. The van der Waals surface area contributed by atoms with E-state index in [0.717, 1.165) is 47.2 Å². The van der Waals surface area contributed by atoms with Gasteiger partial charge < -0.3 is 25.5 Å². The monoisotopic (exact) mass is 760 g/mol. The fourth-order valence-electron chi connectivity index (χ4n) is 7.73. The Balaban J connectivity index is 1.29. The molecule has 7 rings (SSSR count). The smallest absolute Gasteiger partial charge is 0.276 e. The predicted molar refractivity (Wildman–Crippen MR) is 213 cm³/mol. The summed E-state index contributed by atoms with van der Waals surface area (Å²) in [5.74, 6) is -0.289. The molecule has 1 aliphatic rings. The number of nitrogens with zero attached hydrogens (tertiary/aromatic N) is 9. The van der Waals surface area contributed by atoms with E-state index in [4.69, 9.17) is 26.5 Å². The number of nitrogens with one attached hydrogen (secondary N) is 1. The normalized spacial score (nSPS) is 14.7. The fourth-order valence-corrected chi connectivity index (χ4v) is 7.73. The van der Waals surface area contributed by atoms with E-state index in [-0.39, 0.29) is 30.6 Å². The summed E-state index contributed by atoms with van der Waals surface area (Å²) in [6, 6.07) is 12.6. The number of anilines is 2. The van der Waals surface area contributed by atoms with E-state index in [1.165, 1.54) is 4.90 Å². The highest BCUT2D eigenvalue weighted by molar-refractivity contribution is 6.05. The first-order valence-corrected chi connectivity index (χ1v) is 19.2. The van der Waals surface area contributed by atoms with Gasteiger partial charge in [0.25, 0.3) is 5.91 Å². The minimum absolute atomic E-state index is 0.0435. The van der Waals surface area contributed by atoms with Crippen molar-refractivity contribution in [3.63, 3.8) is 0 Å². The number of aromatic nitrogens is 8. The van der Waals surface area contributed by atoms with E-state index in [2.05, 4.69) is 15.0 Å². The van der Waals surface area contributed by atoms with Gasteiger partial charge in [0.05, 0.1) is 46.6 Å². The zero-order chi connectivity index (χ0) is 39.7. The van der Waals surface area contributed by atoms with Gasteiger partial charge in [0.2, 0.25) is 17.8 Å². The molecule has 5 N–H and O–H groups in total. The third kappa shape index (κ3) is 7.31. The summed E-state index contributed by atoms with van der Waals surface area (Å²) in [6.07, 6.45) is 4.46. The van der Waals surface area contributed by atoms with Crippen molar-refractivity contribution in [3.05, 3.63) is 82.2 Å². The van der Waals surface area contributed by atoms with Crippen LogP contribution in [0.3, 0.4) is 0 Å². The summed E-state index contributed by atoms with van der Waals surface area (Å²) >= 11 is 0. The number of Topliss-reactive ketones (excluding diaryl/α,β-unsaturated/α-hetero) is 1. The van der Waals surface area contributed by atoms with Crippen LogP contribution >= 0.6 is 0 Å². The zero-order valence-electron chi connectivity index (χ0n) is 32.3. The van der Waals surface area contributed by atoms with Crippen molar-refractivity contribution in [1.82, 2.24) is 38.7 Å². The number of rotatable bonds is 4. The maximum Gasteiger partial charge on any atom is 0.276 e. The average Bonchev–Trinajstić information content (AvgIpc) is 3.92. The lowest BCUT2D eigenvalue weighted by Gasteiger charge is -2.17. The molecular weight excluding hydrogens is 713 g/mol. The number of benzene rings is 2. The van der Waals surface area contributed by atoms with E-state index in [9.17, 15) is 19.2 Å². The lowest BCUT2D eigenvalue weighted by Crippen LogP contribution is -2.32. The number of primary amides is 1. The molecule has 0 fully saturated rings. The van der Waals surface area contributed by atoms with Gasteiger partial charge in [-0.1, -0.05) is 12.5 Å². The summed E-state index contributed by atoms with van der Waals surface area (Å²) in [5.41, 5.74) is 18.4. The molecule has 16 nitrogen and oxygen atoms in total. The van der Waals surface area contributed by atoms with Crippen LogP contribution in [-0.2, 0) is 43.8 Å². The second kappa shape index (κ2) is 15.9. The molecule has 292 valence electrons. The zero-order valence-corrected chi connectivity index (χ0v) is 32.3. The third-order valence-corrected chi connectivity index (χ3v) is 10.6. The molecule has 16 heteroatoms. The number of aryl methyl sites for hydroxylation is 6. The number of fused-ring (bicyclic) bond motifs is 8. The molecule has 0 radical (unpaired) electrons. The van der Waals surface area contributed by atoms with Crippen LogP contribution < -0.4 is 21.7 Å². The Kier molecular flexibility index (Phi) is 10.8. The molecule has 0 aliphatic carbocycles. The summed E-state index contributed by atoms with van der Waals surface area (Å²) < 4.78 is 7.53. The molecule has 56 heavy (non-hydrogen) atoms. The fraction of sp³-hybridized carbons (Fsp3) is 0.400. The maximum absolute atomic E-state index is 14.2. The molecule has 0 bridgehead atoms. The Morgan fingerprint density at radius 1 is 0.911 bits per heavy atom. The first kappa shape index (κ1) is 38.1. The number of likely N-dealkylation sites (N-methyl/N-ethyl adjacent to an activating group) is 1. The van der Waals surface area contributed by atoms with Crippen molar-refractivity contribution >= 4 is 57.2 Å². The SMILES string of the molecule is CCn1nc(C)c2c1C(=O)Nc1nc3cc(C(N)=O)ccc3n1CCCCn1c(nc3c(N(C)C(=O)CN)cccc31)CC(=O)c1cc(C)nn1CCCCC2. The average molecular weight is 761 g/mol. The van der Waals surface area contributed by atoms with Crippen LogP contribution in [0.4, 0.5) is 11.6 Å². The Hall–Kier alpha value is -6.16. The van der Waals surface area contributed by atoms with Gasteiger partial charge in [-0.15, -0.1) is 0 Å². The van der Waals surface area contributed by atoms with Gasteiger partial charge in [-0.05, 0) is 89.3 Å². The van der Waals surface area contributed by atoms with Crippen molar-refractivity contribution < 1.29 is 19.2 Å². The van der Waals surface area contributed by atoms with Crippen LogP contribution in [0.5, 0.6) is 0 Å². The molecule has 0 atom stereocenters. The quantitative estimate of drug-likeness (QED) is 0.234. The molecule has 0 saturated heterocycles. The molecule has 4 aromatic heterocycles. The standard InChI is InChI=1S/C40H48N12O4/c1-5-51-37-27(25(3)47-51)12-7-6-8-19-52-32(20-24(2)46-52)33(53)22-34-44-36-30(48(4)35(54)23-41)13-11-14-31(36)49(34)17-9-10-18-50-29-16-15-26(38(42)55)21-28(29)43-40(50)45-39(37)56/h11,13-16,20-21H,5-10,12,17-19,22-23,41H2,1-4H3,(H2,42,55)(H,43,45,56). The first-order chi connectivity index (χ1) is 27.0. The molecule has 1 aliphatic heterocycles. The van der Waals surface area contributed by atoms with Gasteiger partial charge in [0.15, 0.2) is 5.78 Å². The largest absolute Gasteiger partial charge is 0.366 e. The predicted octanol–water partition coefficient (Wildman–Crippen LogP) is 4.32. The second-order valence-corrected chi connectivity index (χ2v) is 14.3. The third-order valence-electron chi connectivity index (χ3n) is 10.6. The van der Waals surface area contributed by atoms with E-state index >= 15 is 0 Å². The summed E-state index contributed by atoms with van der Waals surface area (Å²) in [6.45, 7) is 7.71. The molecule has 3 amide bonds. The number of hydrogen-bond acceptors (Lipinski definition) is 9. The van der Waals surface area contributed by atoms with Crippen molar-refractivity contribution in [3.8, 4) is 0 Å². The van der Waals surface area contributed by atoms with Crippen LogP contribution in [0.1, 0.15) is 93.1 Å². The van der Waals surface area contributed by atoms with Crippen LogP contribution in [0, 0.1) is 13.8 Å². The molecule has 0 spiro atoms. The lowest BCUT2D eigenvalue weighted by molar-refractivity contribution is -0.117. The molecule has 6 aromatic rings. The Morgan fingerprint density at radius 3 is 2.43 bits per heavy atom. The molecule has 5 heterocycles. The number of ketones is 1. The first-order valence-electron chi connectivity index (χ1n) is 19.2. The minimum atomic E-state index is -0.568. The number of amides is 3. The van der Waals surface area contributed by atoms with Crippen molar-refractivity contribution in [2.45, 2.75) is 91.9 Å². The van der Waals surface area contributed by atoms with Gasteiger partial charge in [-0.2, -0.15) is 10.2 Å². The number of carbonyl (C=O) groups excluding carboxylic acids is 4. The van der Waals surface area contributed by atoms with Crippen LogP contribution in [0.25, 0.3) is 22.1 Å². The lowest BCUT2D eigenvalue weighted by atomic mass is 10.0. The molecular formula is C40H48N12O4. The van der Waals surface area contributed by atoms with E-state index < -0.39 is 5.91 Å². The van der Waals surface area contributed by atoms with Gasteiger partial charge in [-0.25, -0.2) is 9.97 Å². The highest BCUT2D eigenvalue weighted by atomic mass is 16.2. The number of carbonyl (C=O) groups is 4. The summed E-state index contributed by atoms with van der Waals surface area (Å²) in [5, 5.41) is 12.5. The van der Waals surface area contributed by atoms with Crippen molar-refractivity contribution in [2.24, 2.45) is 11.5 Å². The molecule has 0 unspecified atom stereocenters. The minimum Gasteiger partial charge on any atom is -0.366 e. The van der Waals surface area contributed by atoms with Gasteiger partial charge in [-0.3, -0.25) is 33.9 Å². The Morgan fingerprint density at radius 2 is 1.68 bits per heavy atom. The topological polar surface area (TPSA) is 207 Å². The molecule has 0 saturated carbocycles. The maximum atomic E-state index is 14.2. The van der Waals surface area contributed by atoms with Crippen LogP contribution in [0.15, 0.2) is 42.5 Å². The summed E-state index contributed by atoms with van der Waals surface area (Å²) in [7, 11) is 1.67. The van der Waals surface area contributed by atoms with Gasteiger partial charge >= 0.3 is 0 Å². The van der Waals surface area contributed by atoms with Crippen molar-refractivity contribution in [1.29, 1.82) is 0 Å². The number of hydrogen-bond donors (Lipinski definition) is 3. The van der Waals surface area contributed by atoms with Gasteiger partial charge in [0.1, 0.15) is 22.7 Å². The van der Waals surface area contributed by atoms with E-state index in [1.54, 1.807) is 34.6 Å². The highest BCUT2D eigenvalue weighted by Crippen LogP contribution is 2.29. The van der Waals surface area contributed by atoms with Crippen molar-refractivity contribution in [2.75, 3.05) is 23.8 Å². The van der Waals surface area contributed by atoms with E-state index in [0.29, 0.717) is 90.9 Å².